The van der Waals surface area contributed by atoms with Crippen molar-refractivity contribution in [1.82, 2.24) is 10.6 Å². The first-order valence-electron chi connectivity index (χ1n) is 6.90. The number of hydrogen-bond acceptors (Lipinski definition) is 8. The maximum absolute atomic E-state index is 11.4. The van der Waals surface area contributed by atoms with Crippen LogP contribution in [0.2, 0.25) is 0 Å². The van der Waals surface area contributed by atoms with Gasteiger partial charge in [-0.1, -0.05) is 6.58 Å². The van der Waals surface area contributed by atoms with Crippen molar-refractivity contribution in [3.8, 4) is 0 Å². The van der Waals surface area contributed by atoms with Gasteiger partial charge in [0.05, 0.1) is 25.8 Å². The Balaban J connectivity index is 1.96. The van der Waals surface area contributed by atoms with Crippen molar-refractivity contribution in [1.29, 1.82) is 0 Å². The second-order valence-electron chi connectivity index (χ2n) is 4.28. The van der Waals surface area contributed by atoms with Gasteiger partial charge in [0.25, 0.3) is 0 Å². The van der Waals surface area contributed by atoms with Crippen LogP contribution in [-0.4, -0.2) is 70.6 Å². The summed E-state index contributed by atoms with van der Waals surface area (Å²) in [7, 11) is 0. The lowest BCUT2D eigenvalue weighted by molar-refractivity contribution is -0.116. The Morgan fingerprint density at radius 2 is 1.74 bits per heavy atom. The molecule has 130 valence electrons. The molecule has 10 nitrogen and oxygen atoms in total. The molecule has 1 aliphatic rings. The van der Waals surface area contributed by atoms with Crippen molar-refractivity contribution in [2.24, 2.45) is 0 Å². The number of ether oxygens (including phenoxy) is 5. The molecule has 0 unspecified atom stereocenters. The van der Waals surface area contributed by atoms with E-state index >= 15 is 0 Å². The average Bonchev–Trinajstić information content (AvgIpc) is 2.56. The van der Waals surface area contributed by atoms with Gasteiger partial charge < -0.3 is 34.3 Å². The first-order valence-corrected chi connectivity index (χ1v) is 6.90. The fourth-order valence-electron chi connectivity index (χ4n) is 1.46. The Morgan fingerprint density at radius 3 is 2.43 bits per heavy atom. The standard InChI is InChI=1S/C13H20N2O8/c1-2-11(16)14-3-4-22-13(18)23-6-5-21-12(17)15-10-7-19-9-20-8-10/h2,10H,1,3-9H2,(H,14,16)(H,15,17). The predicted octanol–water partition coefficient (Wildman–Crippen LogP) is -0.459. The molecule has 1 rings (SSSR count). The van der Waals surface area contributed by atoms with Gasteiger partial charge in [-0.2, -0.15) is 0 Å². The largest absolute Gasteiger partial charge is 0.508 e. The molecule has 2 amide bonds. The lowest BCUT2D eigenvalue weighted by atomic mass is 10.3. The van der Waals surface area contributed by atoms with E-state index in [1.807, 2.05) is 0 Å². The van der Waals surface area contributed by atoms with Crippen LogP contribution in [0, 0.1) is 0 Å². The second-order valence-corrected chi connectivity index (χ2v) is 4.28. The van der Waals surface area contributed by atoms with Crippen LogP contribution in [0.4, 0.5) is 9.59 Å². The van der Waals surface area contributed by atoms with Crippen molar-refractivity contribution >= 4 is 18.2 Å². The Morgan fingerprint density at radius 1 is 1.09 bits per heavy atom. The van der Waals surface area contributed by atoms with Crippen LogP contribution in [0.3, 0.4) is 0 Å². The fraction of sp³-hybridized carbons (Fsp3) is 0.615. The molecule has 0 spiro atoms. The van der Waals surface area contributed by atoms with E-state index in [9.17, 15) is 14.4 Å². The summed E-state index contributed by atoms with van der Waals surface area (Å²) in [6.45, 7) is 4.00. The second kappa shape index (κ2) is 11.3. The van der Waals surface area contributed by atoms with Crippen molar-refractivity contribution in [3.05, 3.63) is 12.7 Å². The highest BCUT2D eigenvalue weighted by Gasteiger charge is 2.17. The summed E-state index contributed by atoms with van der Waals surface area (Å²) in [6.07, 6.45) is -0.476. The number of hydrogen-bond donors (Lipinski definition) is 2. The normalized spacial score (nSPS) is 14.4. The minimum Gasteiger partial charge on any atom is -0.446 e. The third-order valence-corrected chi connectivity index (χ3v) is 2.47. The molecular formula is C13H20N2O8. The maximum Gasteiger partial charge on any atom is 0.508 e. The average molecular weight is 332 g/mol. The molecular weight excluding hydrogens is 312 g/mol. The van der Waals surface area contributed by atoms with Crippen molar-refractivity contribution < 1.29 is 38.1 Å². The summed E-state index contributed by atoms with van der Waals surface area (Å²) in [4.78, 5) is 33.4. The van der Waals surface area contributed by atoms with Gasteiger partial charge in [0, 0.05) is 0 Å². The first kappa shape index (κ1) is 18.7. The van der Waals surface area contributed by atoms with Crippen molar-refractivity contribution in [2.75, 3.05) is 46.4 Å². The Kier molecular flexibility index (Phi) is 9.17. The molecule has 0 saturated carbocycles. The number of nitrogens with one attached hydrogen (secondary N) is 2. The number of alkyl carbamates (subject to hydrolysis) is 1. The highest BCUT2D eigenvalue weighted by Crippen LogP contribution is 1.97. The van der Waals surface area contributed by atoms with Crippen LogP contribution in [0.15, 0.2) is 12.7 Å². The molecule has 2 N–H and O–H groups in total. The van der Waals surface area contributed by atoms with Gasteiger partial charge in [0.2, 0.25) is 5.91 Å². The summed E-state index contributed by atoms with van der Waals surface area (Å²) in [6, 6.07) is -0.270. The first-order chi connectivity index (χ1) is 11.1. The van der Waals surface area contributed by atoms with E-state index in [4.69, 9.17) is 14.2 Å². The lowest BCUT2D eigenvalue weighted by Crippen LogP contribution is -2.44. The lowest BCUT2D eigenvalue weighted by Gasteiger charge is -2.22. The number of rotatable bonds is 8. The Bertz CT molecular complexity index is 409. The smallest absolute Gasteiger partial charge is 0.446 e. The minimum absolute atomic E-state index is 0.0402. The van der Waals surface area contributed by atoms with E-state index < -0.39 is 12.2 Å². The van der Waals surface area contributed by atoms with Gasteiger partial charge >= 0.3 is 12.2 Å². The van der Waals surface area contributed by atoms with Gasteiger partial charge in [-0.3, -0.25) is 4.79 Å². The van der Waals surface area contributed by atoms with E-state index in [1.54, 1.807) is 0 Å². The van der Waals surface area contributed by atoms with Crippen molar-refractivity contribution in [3.63, 3.8) is 0 Å². The summed E-state index contributed by atoms with van der Waals surface area (Å²) < 4.78 is 24.1. The van der Waals surface area contributed by atoms with Gasteiger partial charge in [-0.15, -0.1) is 0 Å². The van der Waals surface area contributed by atoms with Crippen LogP contribution >= 0.6 is 0 Å². The molecule has 1 heterocycles. The zero-order chi connectivity index (χ0) is 16.9. The molecule has 0 aromatic rings. The summed E-state index contributed by atoms with van der Waals surface area (Å²) in [5, 5.41) is 4.95. The van der Waals surface area contributed by atoms with Gasteiger partial charge in [0.15, 0.2) is 0 Å². The van der Waals surface area contributed by atoms with E-state index in [-0.39, 0.29) is 45.1 Å². The molecule has 0 aromatic heterocycles. The highest BCUT2D eigenvalue weighted by atomic mass is 16.7. The Labute approximate surface area is 133 Å². The molecule has 0 aromatic carbocycles. The number of amides is 2. The van der Waals surface area contributed by atoms with E-state index in [1.165, 1.54) is 0 Å². The molecule has 1 saturated heterocycles. The zero-order valence-corrected chi connectivity index (χ0v) is 12.6. The third-order valence-electron chi connectivity index (χ3n) is 2.47. The van der Waals surface area contributed by atoms with Crippen LogP contribution in [0.5, 0.6) is 0 Å². The van der Waals surface area contributed by atoms with Crippen molar-refractivity contribution in [2.45, 2.75) is 6.04 Å². The molecule has 1 aliphatic heterocycles. The summed E-state index contributed by atoms with van der Waals surface area (Å²) in [5.41, 5.74) is 0. The summed E-state index contributed by atoms with van der Waals surface area (Å²) in [5.74, 6) is -0.366. The minimum atomic E-state index is -0.920. The molecule has 0 atom stereocenters. The third kappa shape index (κ3) is 9.32. The van der Waals surface area contributed by atoms with Crippen LogP contribution < -0.4 is 10.6 Å². The van der Waals surface area contributed by atoms with Crippen LogP contribution in [0.1, 0.15) is 0 Å². The van der Waals surface area contributed by atoms with Crippen LogP contribution in [-0.2, 0) is 28.5 Å². The maximum atomic E-state index is 11.4. The molecule has 0 aliphatic carbocycles. The summed E-state index contributed by atoms with van der Waals surface area (Å²) >= 11 is 0. The molecule has 0 bridgehead atoms. The quantitative estimate of drug-likeness (QED) is 0.348. The van der Waals surface area contributed by atoms with E-state index in [0.717, 1.165) is 6.08 Å². The van der Waals surface area contributed by atoms with Gasteiger partial charge in [-0.25, -0.2) is 9.59 Å². The van der Waals surface area contributed by atoms with Gasteiger partial charge in [-0.05, 0) is 6.08 Å². The SMILES string of the molecule is C=CC(=O)NCCOC(=O)OCCOC(=O)NC1COCOC1. The molecule has 23 heavy (non-hydrogen) atoms. The predicted molar refractivity (Wildman–Crippen MR) is 75.5 cm³/mol. The Hall–Kier alpha value is -2.33. The molecule has 10 heteroatoms. The van der Waals surface area contributed by atoms with Crippen LogP contribution in [0.25, 0.3) is 0 Å². The molecule has 1 fully saturated rings. The fourth-order valence-corrected chi connectivity index (χ4v) is 1.46. The van der Waals surface area contributed by atoms with E-state index in [0.29, 0.717) is 13.2 Å². The van der Waals surface area contributed by atoms with Gasteiger partial charge in [0.1, 0.15) is 26.6 Å². The zero-order valence-electron chi connectivity index (χ0n) is 12.6. The highest BCUT2D eigenvalue weighted by molar-refractivity contribution is 5.86. The molecule has 0 radical (unpaired) electrons. The number of carbonyl (C=O) groups is 3. The topological polar surface area (TPSA) is 121 Å². The van der Waals surface area contributed by atoms with E-state index in [2.05, 4.69) is 26.7 Å². The monoisotopic (exact) mass is 332 g/mol. The number of carbonyl (C=O) groups excluding carboxylic acids is 3.